The number of carbonyl (C=O) groups excluding carboxylic acids is 1. The summed E-state index contributed by atoms with van der Waals surface area (Å²) < 4.78 is 12.4. The van der Waals surface area contributed by atoms with Gasteiger partial charge in [-0.3, -0.25) is 14.2 Å². The molecule has 0 amide bonds. The largest absolute Gasteiger partial charge is 0.494 e. The molecule has 0 saturated heterocycles. The standard InChI is InChI=1S/C22H18N2O4/c1-2-27-17-7-5-16(6-8-17)24-19-11-14(21-4-3-9-28-21)12-20(25)18(19)10-15(13-23)22(24)26/h3-10,14H,2,11-12H2,1H3/t14-/m0/s1. The van der Waals surface area contributed by atoms with E-state index in [9.17, 15) is 14.9 Å². The van der Waals surface area contributed by atoms with Crippen LogP contribution in [0, 0.1) is 11.3 Å². The van der Waals surface area contributed by atoms with E-state index >= 15 is 0 Å². The molecule has 2 heterocycles. The molecular formula is C22H18N2O4. The summed E-state index contributed by atoms with van der Waals surface area (Å²) in [5.41, 5.74) is 1.14. The molecule has 0 N–H and O–H groups in total. The summed E-state index contributed by atoms with van der Waals surface area (Å²) in [6.45, 7) is 2.43. The molecule has 140 valence electrons. The molecule has 0 aliphatic heterocycles. The van der Waals surface area contributed by atoms with Crippen molar-refractivity contribution < 1.29 is 13.9 Å². The van der Waals surface area contributed by atoms with E-state index in [0.717, 1.165) is 0 Å². The second kappa shape index (κ2) is 7.20. The molecule has 0 bridgehead atoms. The van der Waals surface area contributed by atoms with Gasteiger partial charge in [0.15, 0.2) is 5.78 Å². The molecule has 4 rings (SSSR count). The van der Waals surface area contributed by atoms with Crippen LogP contribution < -0.4 is 10.3 Å². The first-order chi connectivity index (χ1) is 13.6. The molecule has 1 aliphatic carbocycles. The topological polar surface area (TPSA) is 85.2 Å². The summed E-state index contributed by atoms with van der Waals surface area (Å²) in [7, 11) is 0. The quantitative estimate of drug-likeness (QED) is 0.696. The number of fused-ring (bicyclic) bond motifs is 1. The summed E-state index contributed by atoms with van der Waals surface area (Å²) in [6, 6.07) is 14.0. The Labute approximate surface area is 161 Å². The number of hydrogen-bond acceptors (Lipinski definition) is 5. The lowest BCUT2D eigenvalue weighted by Gasteiger charge is -2.25. The van der Waals surface area contributed by atoms with Crippen molar-refractivity contribution in [2.45, 2.75) is 25.7 Å². The normalized spacial score (nSPS) is 15.7. The lowest BCUT2D eigenvalue weighted by Crippen LogP contribution is -2.31. The Kier molecular flexibility index (Phi) is 4.58. The van der Waals surface area contributed by atoms with E-state index in [-0.39, 0.29) is 23.7 Å². The predicted molar refractivity (Wildman–Crippen MR) is 102 cm³/mol. The van der Waals surface area contributed by atoms with Crippen LogP contribution in [-0.4, -0.2) is 17.0 Å². The maximum absolute atomic E-state index is 13.0. The van der Waals surface area contributed by atoms with Crippen LogP contribution >= 0.6 is 0 Å². The van der Waals surface area contributed by atoms with E-state index in [2.05, 4.69) is 0 Å². The average Bonchev–Trinajstić information content (AvgIpc) is 3.23. The van der Waals surface area contributed by atoms with E-state index in [1.165, 1.54) is 10.6 Å². The Morgan fingerprint density at radius 1 is 1.21 bits per heavy atom. The van der Waals surface area contributed by atoms with Crippen LogP contribution in [0.3, 0.4) is 0 Å². The second-order valence-electron chi connectivity index (χ2n) is 6.64. The Balaban J connectivity index is 1.88. The monoisotopic (exact) mass is 374 g/mol. The number of nitrogens with zero attached hydrogens (tertiary/aromatic N) is 2. The third kappa shape index (κ3) is 3.01. The first kappa shape index (κ1) is 17.8. The second-order valence-corrected chi connectivity index (χ2v) is 6.64. The van der Waals surface area contributed by atoms with Crippen molar-refractivity contribution in [3.8, 4) is 17.5 Å². The maximum atomic E-state index is 13.0. The average molecular weight is 374 g/mol. The lowest BCUT2D eigenvalue weighted by atomic mass is 9.83. The van der Waals surface area contributed by atoms with Crippen molar-refractivity contribution in [3.05, 3.63) is 81.7 Å². The highest BCUT2D eigenvalue weighted by atomic mass is 16.5. The molecule has 0 saturated carbocycles. The number of furan rings is 1. The van der Waals surface area contributed by atoms with Gasteiger partial charge < -0.3 is 9.15 Å². The summed E-state index contributed by atoms with van der Waals surface area (Å²) in [4.78, 5) is 25.8. The molecule has 0 fully saturated rings. The minimum atomic E-state index is -0.432. The molecule has 0 spiro atoms. The fourth-order valence-electron chi connectivity index (χ4n) is 3.67. The minimum absolute atomic E-state index is 0.0440. The third-order valence-electron chi connectivity index (χ3n) is 4.95. The van der Waals surface area contributed by atoms with Crippen molar-refractivity contribution in [1.82, 2.24) is 4.57 Å². The van der Waals surface area contributed by atoms with E-state index in [1.54, 1.807) is 36.6 Å². The van der Waals surface area contributed by atoms with Gasteiger partial charge in [-0.15, -0.1) is 0 Å². The van der Waals surface area contributed by atoms with Gasteiger partial charge in [0.25, 0.3) is 5.56 Å². The number of ketones is 1. The molecule has 0 unspecified atom stereocenters. The lowest BCUT2D eigenvalue weighted by molar-refractivity contribution is 0.0958. The Morgan fingerprint density at radius 2 is 2.00 bits per heavy atom. The van der Waals surface area contributed by atoms with Crippen LogP contribution in [-0.2, 0) is 6.42 Å². The fraction of sp³-hybridized carbons (Fsp3) is 0.227. The van der Waals surface area contributed by atoms with Crippen LogP contribution in [0.2, 0.25) is 0 Å². The van der Waals surface area contributed by atoms with Crippen LogP contribution in [0.1, 0.15) is 46.6 Å². The first-order valence-corrected chi connectivity index (χ1v) is 9.11. The van der Waals surface area contributed by atoms with E-state index in [1.807, 2.05) is 19.1 Å². The smallest absolute Gasteiger partial charge is 0.273 e. The number of hydrogen-bond donors (Lipinski definition) is 0. The zero-order chi connectivity index (χ0) is 19.7. The van der Waals surface area contributed by atoms with E-state index in [0.29, 0.717) is 41.5 Å². The zero-order valence-electron chi connectivity index (χ0n) is 15.3. The molecule has 0 radical (unpaired) electrons. The van der Waals surface area contributed by atoms with Crippen LogP contribution in [0.4, 0.5) is 0 Å². The van der Waals surface area contributed by atoms with Crippen LogP contribution in [0.5, 0.6) is 5.75 Å². The fourth-order valence-corrected chi connectivity index (χ4v) is 3.67. The highest BCUT2D eigenvalue weighted by molar-refractivity contribution is 5.99. The Morgan fingerprint density at radius 3 is 2.64 bits per heavy atom. The molecule has 6 heteroatoms. The third-order valence-corrected chi connectivity index (χ3v) is 4.95. The number of nitriles is 1. The number of Topliss-reactive ketones (excluding diaryl/α,β-unsaturated/α-hetero) is 1. The number of ether oxygens (including phenoxy) is 1. The van der Waals surface area contributed by atoms with Crippen molar-refractivity contribution in [3.63, 3.8) is 0 Å². The molecule has 1 aliphatic rings. The highest BCUT2D eigenvalue weighted by Gasteiger charge is 2.31. The zero-order valence-corrected chi connectivity index (χ0v) is 15.3. The predicted octanol–water partition coefficient (Wildman–Crippen LogP) is 3.61. The van der Waals surface area contributed by atoms with Gasteiger partial charge >= 0.3 is 0 Å². The molecule has 28 heavy (non-hydrogen) atoms. The van der Waals surface area contributed by atoms with Crippen molar-refractivity contribution in [1.29, 1.82) is 5.26 Å². The molecule has 1 aromatic carbocycles. The molecular weight excluding hydrogens is 356 g/mol. The van der Waals surface area contributed by atoms with Crippen molar-refractivity contribution in [2.24, 2.45) is 0 Å². The van der Waals surface area contributed by atoms with Crippen LogP contribution in [0.15, 0.2) is 57.9 Å². The maximum Gasteiger partial charge on any atom is 0.273 e. The van der Waals surface area contributed by atoms with Gasteiger partial charge in [0.1, 0.15) is 23.1 Å². The number of aromatic nitrogens is 1. The van der Waals surface area contributed by atoms with Gasteiger partial charge in [-0.1, -0.05) is 0 Å². The summed E-state index contributed by atoms with van der Waals surface area (Å²) >= 11 is 0. The van der Waals surface area contributed by atoms with E-state index < -0.39 is 5.56 Å². The molecule has 2 aromatic heterocycles. The van der Waals surface area contributed by atoms with Crippen molar-refractivity contribution >= 4 is 5.78 Å². The van der Waals surface area contributed by atoms with Gasteiger partial charge in [-0.05, 0) is 55.8 Å². The van der Waals surface area contributed by atoms with Crippen molar-refractivity contribution in [2.75, 3.05) is 6.61 Å². The molecule has 6 nitrogen and oxygen atoms in total. The Hall–Kier alpha value is -3.59. The summed E-state index contributed by atoms with van der Waals surface area (Å²) in [5, 5.41) is 9.38. The minimum Gasteiger partial charge on any atom is -0.494 e. The number of pyridine rings is 1. The first-order valence-electron chi connectivity index (χ1n) is 9.11. The van der Waals surface area contributed by atoms with Gasteiger partial charge in [-0.2, -0.15) is 5.26 Å². The highest BCUT2D eigenvalue weighted by Crippen LogP contribution is 2.33. The SMILES string of the molecule is CCOc1ccc(-n2c3c(cc(C#N)c2=O)C(=O)C[C@@H](c2ccco2)C3)cc1. The van der Waals surface area contributed by atoms with E-state index in [4.69, 9.17) is 9.15 Å². The van der Waals surface area contributed by atoms with Gasteiger partial charge in [0.05, 0.1) is 12.9 Å². The summed E-state index contributed by atoms with van der Waals surface area (Å²) in [6.07, 6.45) is 2.34. The number of rotatable bonds is 4. The summed E-state index contributed by atoms with van der Waals surface area (Å²) in [5.74, 6) is 1.17. The van der Waals surface area contributed by atoms with Gasteiger partial charge in [0, 0.05) is 29.3 Å². The van der Waals surface area contributed by atoms with Crippen LogP contribution in [0.25, 0.3) is 5.69 Å². The molecule has 1 atom stereocenters. The van der Waals surface area contributed by atoms with Gasteiger partial charge in [0.2, 0.25) is 0 Å². The van der Waals surface area contributed by atoms with Gasteiger partial charge in [-0.25, -0.2) is 0 Å². The molecule has 3 aromatic rings. The number of benzene rings is 1. The Bertz CT molecular complexity index is 1120. The number of carbonyl (C=O) groups is 1.